The minimum Gasteiger partial charge on any atom is -0.496 e. The van der Waals surface area contributed by atoms with Crippen molar-refractivity contribution in [3.8, 4) is 5.75 Å². The topological polar surface area (TPSA) is 53.6 Å². The van der Waals surface area contributed by atoms with E-state index in [2.05, 4.69) is 10.6 Å². The van der Waals surface area contributed by atoms with Gasteiger partial charge in [0.15, 0.2) is 0 Å². The molecular weight excluding hydrogens is 302 g/mol. The zero-order chi connectivity index (χ0) is 16.9. The summed E-state index contributed by atoms with van der Waals surface area (Å²) in [4.78, 5) is 14.5. The number of methoxy groups -OCH3 is 1. The molecule has 1 saturated carbocycles. The Morgan fingerprint density at radius 2 is 1.83 bits per heavy atom. The molecule has 5 heteroatoms. The summed E-state index contributed by atoms with van der Waals surface area (Å²) in [6, 6.07) is 9.09. The molecule has 1 saturated heterocycles. The van der Waals surface area contributed by atoms with E-state index in [0.29, 0.717) is 6.04 Å². The van der Waals surface area contributed by atoms with Gasteiger partial charge in [-0.3, -0.25) is 0 Å². The lowest BCUT2D eigenvalue weighted by atomic mass is 9.91. The SMILES string of the molecule is COc1ccccc1[C@H](C)NC(=O)N1CCC(NC2CCC2)CC1. The fraction of sp³-hybridized carbons (Fsp3) is 0.632. The molecule has 2 fully saturated rings. The molecule has 1 atom stereocenters. The highest BCUT2D eigenvalue weighted by Gasteiger charge is 2.27. The third-order valence-electron chi connectivity index (χ3n) is 5.30. The van der Waals surface area contributed by atoms with Crippen LogP contribution in [0.3, 0.4) is 0 Å². The Morgan fingerprint density at radius 1 is 1.17 bits per heavy atom. The van der Waals surface area contributed by atoms with E-state index in [-0.39, 0.29) is 12.1 Å². The predicted molar refractivity (Wildman–Crippen MR) is 95.3 cm³/mol. The second-order valence-electron chi connectivity index (χ2n) is 6.97. The number of benzene rings is 1. The maximum atomic E-state index is 12.5. The van der Waals surface area contributed by atoms with Crippen LogP contribution in [-0.4, -0.2) is 43.2 Å². The maximum absolute atomic E-state index is 12.5. The molecule has 3 rings (SSSR count). The number of nitrogens with one attached hydrogen (secondary N) is 2. The Labute approximate surface area is 144 Å². The fourth-order valence-corrected chi connectivity index (χ4v) is 3.54. The number of carbonyl (C=O) groups excluding carboxylic acids is 1. The van der Waals surface area contributed by atoms with Crippen LogP contribution in [0.5, 0.6) is 5.75 Å². The summed E-state index contributed by atoms with van der Waals surface area (Å²) in [7, 11) is 1.66. The van der Waals surface area contributed by atoms with E-state index in [1.807, 2.05) is 36.1 Å². The minimum absolute atomic E-state index is 0.0236. The van der Waals surface area contributed by atoms with Crippen LogP contribution in [0.15, 0.2) is 24.3 Å². The van der Waals surface area contributed by atoms with Gasteiger partial charge in [-0.2, -0.15) is 0 Å². The van der Waals surface area contributed by atoms with Crippen molar-refractivity contribution in [2.24, 2.45) is 0 Å². The molecule has 0 unspecified atom stereocenters. The summed E-state index contributed by atoms with van der Waals surface area (Å²) in [5.41, 5.74) is 1.01. The molecule has 0 bridgehead atoms. The first-order valence-corrected chi connectivity index (χ1v) is 9.11. The number of hydrogen-bond acceptors (Lipinski definition) is 3. The van der Waals surface area contributed by atoms with Gasteiger partial charge in [0.2, 0.25) is 0 Å². The molecule has 0 radical (unpaired) electrons. The molecule has 1 aliphatic carbocycles. The van der Waals surface area contributed by atoms with Crippen molar-refractivity contribution in [1.29, 1.82) is 0 Å². The molecule has 1 heterocycles. The molecule has 132 valence electrons. The molecule has 1 aromatic rings. The van der Waals surface area contributed by atoms with Crippen LogP contribution in [0.1, 0.15) is 50.6 Å². The maximum Gasteiger partial charge on any atom is 0.317 e. The molecule has 2 aliphatic rings. The van der Waals surface area contributed by atoms with Crippen LogP contribution in [0, 0.1) is 0 Å². The van der Waals surface area contributed by atoms with Gasteiger partial charge in [-0.25, -0.2) is 4.79 Å². The van der Waals surface area contributed by atoms with Crippen molar-refractivity contribution in [2.75, 3.05) is 20.2 Å². The van der Waals surface area contributed by atoms with E-state index in [4.69, 9.17) is 4.74 Å². The number of piperidine rings is 1. The Balaban J connectivity index is 1.48. The van der Waals surface area contributed by atoms with E-state index >= 15 is 0 Å². The first-order valence-electron chi connectivity index (χ1n) is 9.11. The number of hydrogen-bond donors (Lipinski definition) is 2. The van der Waals surface area contributed by atoms with Crippen LogP contribution in [0.25, 0.3) is 0 Å². The van der Waals surface area contributed by atoms with Gasteiger partial charge >= 0.3 is 6.03 Å². The lowest BCUT2D eigenvalue weighted by molar-refractivity contribution is 0.165. The van der Waals surface area contributed by atoms with Crippen molar-refractivity contribution in [3.05, 3.63) is 29.8 Å². The van der Waals surface area contributed by atoms with Gasteiger partial charge in [0, 0.05) is 30.7 Å². The number of likely N-dealkylation sites (tertiary alicyclic amines) is 1. The largest absolute Gasteiger partial charge is 0.496 e. The third-order valence-corrected chi connectivity index (χ3v) is 5.30. The number of ether oxygens (including phenoxy) is 1. The summed E-state index contributed by atoms with van der Waals surface area (Å²) < 4.78 is 5.39. The highest BCUT2D eigenvalue weighted by molar-refractivity contribution is 5.75. The number of amides is 2. The van der Waals surface area contributed by atoms with Gasteiger partial charge in [0.05, 0.1) is 13.2 Å². The Hall–Kier alpha value is -1.75. The van der Waals surface area contributed by atoms with E-state index in [1.54, 1.807) is 7.11 Å². The predicted octanol–water partition coefficient (Wildman–Crippen LogP) is 3.07. The summed E-state index contributed by atoms with van der Waals surface area (Å²) in [6.07, 6.45) is 6.09. The van der Waals surface area contributed by atoms with Crippen LogP contribution in [0.2, 0.25) is 0 Å². The summed E-state index contributed by atoms with van der Waals surface area (Å²) in [5.74, 6) is 0.814. The standard InChI is InChI=1S/C19H29N3O2/c1-14(17-8-3-4-9-18(17)24-2)20-19(23)22-12-10-16(11-13-22)21-15-6-5-7-15/h3-4,8-9,14-16,21H,5-7,10-13H2,1-2H3,(H,20,23)/t14-/m0/s1. The van der Waals surface area contributed by atoms with Crippen LogP contribution in [0.4, 0.5) is 4.79 Å². The Morgan fingerprint density at radius 3 is 2.46 bits per heavy atom. The monoisotopic (exact) mass is 331 g/mol. The van der Waals surface area contributed by atoms with Crippen molar-refractivity contribution in [2.45, 2.75) is 57.2 Å². The fourth-order valence-electron chi connectivity index (χ4n) is 3.54. The number of urea groups is 1. The lowest BCUT2D eigenvalue weighted by Crippen LogP contribution is -2.51. The second-order valence-corrected chi connectivity index (χ2v) is 6.97. The van der Waals surface area contributed by atoms with E-state index in [0.717, 1.165) is 43.3 Å². The van der Waals surface area contributed by atoms with Crippen molar-refractivity contribution >= 4 is 6.03 Å². The summed E-state index contributed by atoms with van der Waals surface area (Å²) in [6.45, 7) is 3.66. The van der Waals surface area contributed by atoms with E-state index < -0.39 is 0 Å². The van der Waals surface area contributed by atoms with Crippen LogP contribution in [-0.2, 0) is 0 Å². The Kier molecular flexibility index (Phi) is 5.61. The van der Waals surface area contributed by atoms with E-state index in [1.165, 1.54) is 19.3 Å². The van der Waals surface area contributed by atoms with Crippen molar-refractivity contribution < 1.29 is 9.53 Å². The first-order chi connectivity index (χ1) is 11.7. The molecule has 5 nitrogen and oxygen atoms in total. The molecule has 1 aliphatic heterocycles. The van der Waals surface area contributed by atoms with Crippen LogP contribution >= 0.6 is 0 Å². The molecular formula is C19H29N3O2. The Bertz CT molecular complexity index is 551. The van der Waals surface area contributed by atoms with Crippen molar-refractivity contribution in [3.63, 3.8) is 0 Å². The van der Waals surface area contributed by atoms with Crippen molar-refractivity contribution in [1.82, 2.24) is 15.5 Å². The zero-order valence-electron chi connectivity index (χ0n) is 14.8. The summed E-state index contributed by atoms with van der Waals surface area (Å²) in [5, 5.41) is 6.83. The number of para-hydroxylation sites is 1. The number of rotatable bonds is 5. The molecule has 2 N–H and O–H groups in total. The normalized spacial score (nSPS) is 20.3. The minimum atomic E-state index is -0.0699. The highest BCUT2D eigenvalue weighted by atomic mass is 16.5. The third kappa shape index (κ3) is 4.01. The number of carbonyl (C=O) groups is 1. The first kappa shape index (κ1) is 17.1. The molecule has 24 heavy (non-hydrogen) atoms. The van der Waals surface area contributed by atoms with Crippen LogP contribution < -0.4 is 15.4 Å². The molecule has 0 spiro atoms. The second kappa shape index (κ2) is 7.88. The van der Waals surface area contributed by atoms with Gasteiger partial charge in [-0.05, 0) is 38.7 Å². The zero-order valence-corrected chi connectivity index (χ0v) is 14.8. The van der Waals surface area contributed by atoms with Gasteiger partial charge in [0.1, 0.15) is 5.75 Å². The average molecular weight is 331 g/mol. The smallest absolute Gasteiger partial charge is 0.317 e. The van der Waals surface area contributed by atoms with Gasteiger partial charge in [-0.15, -0.1) is 0 Å². The lowest BCUT2D eigenvalue weighted by Gasteiger charge is -2.37. The van der Waals surface area contributed by atoms with E-state index in [9.17, 15) is 4.79 Å². The highest BCUT2D eigenvalue weighted by Crippen LogP contribution is 2.25. The average Bonchev–Trinajstić information content (AvgIpc) is 2.58. The molecule has 0 aromatic heterocycles. The van der Waals surface area contributed by atoms with Gasteiger partial charge in [0.25, 0.3) is 0 Å². The molecule has 1 aromatic carbocycles. The quantitative estimate of drug-likeness (QED) is 0.872. The van der Waals surface area contributed by atoms with Gasteiger partial charge < -0.3 is 20.3 Å². The number of nitrogens with zero attached hydrogens (tertiary/aromatic N) is 1. The van der Waals surface area contributed by atoms with Gasteiger partial charge in [-0.1, -0.05) is 24.6 Å². The summed E-state index contributed by atoms with van der Waals surface area (Å²) >= 11 is 0. The molecule has 2 amide bonds.